The molecule has 0 aromatic heterocycles. The molecule has 2 fully saturated rings. The third kappa shape index (κ3) is 4.44. The Balaban J connectivity index is 1.81. The Morgan fingerprint density at radius 3 is 2.57 bits per heavy atom. The largest absolute Gasteiger partial charge is 0.465 e. The average Bonchev–Trinajstić information content (AvgIpc) is 3.21. The number of cyclic esters (lactones) is 1. The van der Waals surface area contributed by atoms with E-state index in [-0.39, 0.29) is 25.0 Å². The quantitative estimate of drug-likeness (QED) is 0.321. The van der Waals surface area contributed by atoms with Gasteiger partial charge in [0, 0.05) is 26.2 Å². The molecule has 1 N–H and O–H groups in total. The van der Waals surface area contributed by atoms with Gasteiger partial charge in [0.2, 0.25) is 11.8 Å². The Bertz CT molecular complexity index is 872. The summed E-state index contributed by atoms with van der Waals surface area (Å²) in [5.74, 6) is -2.52. The molecule has 4 heterocycles. The van der Waals surface area contributed by atoms with Crippen LogP contribution in [0.3, 0.4) is 0 Å². The van der Waals surface area contributed by atoms with Crippen LogP contribution in [0.2, 0.25) is 0 Å². The lowest BCUT2D eigenvalue weighted by atomic mass is 9.73. The molecule has 0 aliphatic carbocycles. The number of fused-ring (bicyclic) bond motifs is 2. The number of likely N-dealkylation sites (tertiary alicyclic amines) is 1. The van der Waals surface area contributed by atoms with Crippen LogP contribution in [0.1, 0.15) is 65.2 Å². The maximum absolute atomic E-state index is 14.0. The van der Waals surface area contributed by atoms with Crippen LogP contribution in [-0.4, -0.2) is 82.8 Å². The Morgan fingerprint density at radius 1 is 1.00 bits per heavy atom. The second-order valence-electron chi connectivity index (χ2n) is 10.2. The fourth-order valence-electron chi connectivity index (χ4n) is 6.32. The molecule has 0 radical (unpaired) electrons. The van der Waals surface area contributed by atoms with Crippen LogP contribution in [0.15, 0.2) is 24.3 Å². The fraction of sp³-hybridized carbons (Fsp3) is 0.741. The summed E-state index contributed by atoms with van der Waals surface area (Å²) in [6.07, 6.45) is 14.1. The minimum absolute atomic E-state index is 0.0909. The maximum Gasteiger partial charge on any atom is 0.313 e. The molecule has 1 unspecified atom stereocenters. The van der Waals surface area contributed by atoms with Crippen molar-refractivity contribution in [1.29, 1.82) is 0 Å². The van der Waals surface area contributed by atoms with Gasteiger partial charge in [0.1, 0.15) is 23.2 Å². The number of carbonyl (C=O) groups is 3. The van der Waals surface area contributed by atoms with E-state index in [9.17, 15) is 19.5 Å². The summed E-state index contributed by atoms with van der Waals surface area (Å²) >= 11 is 0. The van der Waals surface area contributed by atoms with Gasteiger partial charge < -0.3 is 24.4 Å². The molecule has 8 nitrogen and oxygen atoms in total. The molecule has 2 amide bonds. The van der Waals surface area contributed by atoms with E-state index in [1.54, 1.807) is 9.80 Å². The molecule has 5 atom stereocenters. The normalized spacial score (nSPS) is 35.9. The van der Waals surface area contributed by atoms with E-state index in [1.807, 2.05) is 25.2 Å². The van der Waals surface area contributed by atoms with Crippen molar-refractivity contribution in [1.82, 2.24) is 9.80 Å². The number of ether oxygens (including phenoxy) is 2. The van der Waals surface area contributed by atoms with Gasteiger partial charge in [-0.2, -0.15) is 0 Å². The lowest BCUT2D eigenvalue weighted by Gasteiger charge is -2.38. The summed E-state index contributed by atoms with van der Waals surface area (Å²) in [6, 6.07) is -0.867. The molecule has 0 bridgehead atoms. The Morgan fingerprint density at radius 2 is 1.83 bits per heavy atom. The van der Waals surface area contributed by atoms with Crippen molar-refractivity contribution >= 4 is 17.8 Å². The SMILES string of the molecule is CCCCCN1CC=C[C@]23O[C@]4(CC)/C=C\CCCCOC(=O)[C@@H]4[C@H]2C(=O)N(CCCO)C3C1=O. The van der Waals surface area contributed by atoms with Crippen LogP contribution in [0.4, 0.5) is 0 Å². The van der Waals surface area contributed by atoms with E-state index >= 15 is 0 Å². The Labute approximate surface area is 208 Å². The van der Waals surface area contributed by atoms with Gasteiger partial charge in [-0.05, 0) is 38.5 Å². The topological polar surface area (TPSA) is 96.4 Å². The van der Waals surface area contributed by atoms with E-state index in [4.69, 9.17) is 9.47 Å². The van der Waals surface area contributed by atoms with Crippen LogP contribution in [0.25, 0.3) is 0 Å². The highest BCUT2D eigenvalue weighted by molar-refractivity contribution is 5.99. The number of amides is 2. The molecule has 35 heavy (non-hydrogen) atoms. The third-order valence-electron chi connectivity index (χ3n) is 8.06. The standard InChI is InChI=1S/C27H40N2O6/c1-3-5-9-15-28-16-11-14-27-20(23(31)29(17-12-18-30)22(27)24(28)32)21-25(33)34-19-10-7-6-8-13-26(21,4-2)35-27/h8,11,13-14,20-22,30H,3-7,9-10,12,15-19H2,1-2H3/b13-8-/t20-,21-,22?,26+,27-/m0/s1. The van der Waals surface area contributed by atoms with Crippen molar-refractivity contribution in [2.24, 2.45) is 11.8 Å². The van der Waals surface area contributed by atoms with Crippen LogP contribution < -0.4 is 0 Å². The van der Waals surface area contributed by atoms with Gasteiger partial charge >= 0.3 is 5.97 Å². The van der Waals surface area contributed by atoms with Gasteiger partial charge in [-0.3, -0.25) is 14.4 Å². The summed E-state index contributed by atoms with van der Waals surface area (Å²) in [4.78, 5) is 44.9. The monoisotopic (exact) mass is 488 g/mol. The zero-order valence-electron chi connectivity index (χ0n) is 21.1. The minimum atomic E-state index is -1.25. The molecular formula is C27H40N2O6. The number of unbranched alkanes of at least 4 members (excludes halogenated alkanes) is 2. The van der Waals surface area contributed by atoms with Gasteiger partial charge in [-0.15, -0.1) is 0 Å². The number of esters is 1. The first kappa shape index (κ1) is 25.9. The van der Waals surface area contributed by atoms with Crippen LogP contribution in [0, 0.1) is 11.8 Å². The molecular weight excluding hydrogens is 448 g/mol. The van der Waals surface area contributed by atoms with Crippen molar-refractivity contribution in [3.8, 4) is 0 Å². The number of rotatable bonds is 8. The summed E-state index contributed by atoms with van der Waals surface area (Å²) in [5, 5.41) is 9.50. The Kier molecular flexibility index (Phi) is 8.01. The molecule has 194 valence electrons. The van der Waals surface area contributed by atoms with Gasteiger partial charge in [0.15, 0.2) is 0 Å². The number of hydrogen-bond acceptors (Lipinski definition) is 6. The summed E-state index contributed by atoms with van der Waals surface area (Å²) in [7, 11) is 0. The van der Waals surface area contributed by atoms with E-state index in [1.165, 1.54) is 0 Å². The van der Waals surface area contributed by atoms with Crippen LogP contribution in [-0.2, 0) is 23.9 Å². The number of hydrogen-bond donors (Lipinski definition) is 1. The van der Waals surface area contributed by atoms with Crippen molar-refractivity contribution < 1.29 is 29.0 Å². The first-order chi connectivity index (χ1) is 17.0. The number of nitrogens with zero attached hydrogens (tertiary/aromatic N) is 2. The van der Waals surface area contributed by atoms with E-state index < -0.39 is 35.0 Å². The summed E-state index contributed by atoms with van der Waals surface area (Å²) in [6.45, 7) is 5.60. The highest BCUT2D eigenvalue weighted by Crippen LogP contribution is 2.58. The fourth-order valence-corrected chi connectivity index (χ4v) is 6.32. The number of aliphatic hydroxyl groups excluding tert-OH is 1. The smallest absolute Gasteiger partial charge is 0.313 e. The molecule has 4 rings (SSSR count). The first-order valence-electron chi connectivity index (χ1n) is 13.4. The third-order valence-corrected chi connectivity index (χ3v) is 8.06. The van der Waals surface area contributed by atoms with Crippen LogP contribution in [0.5, 0.6) is 0 Å². The summed E-state index contributed by atoms with van der Waals surface area (Å²) < 4.78 is 12.5. The molecule has 0 aromatic rings. The second kappa shape index (κ2) is 10.8. The summed E-state index contributed by atoms with van der Waals surface area (Å²) in [5.41, 5.74) is -2.26. The van der Waals surface area contributed by atoms with Crippen molar-refractivity contribution in [3.05, 3.63) is 24.3 Å². The molecule has 2 saturated heterocycles. The second-order valence-corrected chi connectivity index (χ2v) is 10.2. The number of allylic oxidation sites excluding steroid dienone is 1. The number of aliphatic hydroxyl groups is 1. The molecule has 4 aliphatic heterocycles. The van der Waals surface area contributed by atoms with Gasteiger partial charge in [-0.25, -0.2) is 0 Å². The van der Waals surface area contributed by atoms with Crippen molar-refractivity contribution in [3.63, 3.8) is 0 Å². The predicted octanol–water partition coefficient (Wildman–Crippen LogP) is 2.60. The van der Waals surface area contributed by atoms with Crippen molar-refractivity contribution in [2.45, 2.75) is 82.5 Å². The first-order valence-corrected chi connectivity index (χ1v) is 13.4. The molecule has 0 aromatic carbocycles. The molecule has 4 aliphatic rings. The Hall–Kier alpha value is -2.19. The van der Waals surface area contributed by atoms with Gasteiger partial charge in [0.25, 0.3) is 0 Å². The van der Waals surface area contributed by atoms with Crippen molar-refractivity contribution in [2.75, 3.05) is 32.8 Å². The predicted molar refractivity (Wildman–Crippen MR) is 130 cm³/mol. The zero-order chi connectivity index (χ0) is 25.1. The lowest BCUT2D eigenvalue weighted by molar-refractivity contribution is -0.161. The molecule has 8 heteroatoms. The van der Waals surface area contributed by atoms with Gasteiger partial charge in [-0.1, -0.05) is 51.0 Å². The number of carbonyl (C=O) groups excluding carboxylic acids is 3. The lowest BCUT2D eigenvalue weighted by Crippen LogP contribution is -2.56. The maximum atomic E-state index is 14.0. The highest BCUT2D eigenvalue weighted by Gasteiger charge is 2.75. The molecule has 0 saturated carbocycles. The van der Waals surface area contributed by atoms with Gasteiger partial charge in [0.05, 0.1) is 12.5 Å². The molecule has 1 spiro atoms. The van der Waals surface area contributed by atoms with Crippen LogP contribution >= 0.6 is 0 Å². The minimum Gasteiger partial charge on any atom is -0.465 e. The van der Waals surface area contributed by atoms with E-state index in [2.05, 4.69) is 13.0 Å². The highest BCUT2D eigenvalue weighted by atomic mass is 16.6. The average molecular weight is 489 g/mol. The van der Waals surface area contributed by atoms with E-state index in [0.29, 0.717) is 32.5 Å². The van der Waals surface area contributed by atoms with E-state index in [0.717, 1.165) is 38.5 Å². The zero-order valence-corrected chi connectivity index (χ0v) is 21.1.